The molecule has 0 spiro atoms. The molecule has 1 N–H and O–H groups in total. The van der Waals surface area contributed by atoms with Crippen LogP contribution in [-0.4, -0.2) is 52.3 Å². The lowest BCUT2D eigenvalue weighted by Crippen LogP contribution is -2.36. The van der Waals surface area contributed by atoms with E-state index in [9.17, 15) is 19.6 Å². The fraction of sp³-hybridized carbons (Fsp3) is 0.304. The van der Waals surface area contributed by atoms with Crippen LogP contribution in [0.25, 0.3) is 0 Å². The van der Waals surface area contributed by atoms with E-state index in [1.54, 1.807) is 12.1 Å². The number of carbonyl (C=O) groups is 3. The molecule has 2 aromatic rings. The third-order valence-electron chi connectivity index (χ3n) is 4.63. The predicted octanol–water partition coefficient (Wildman–Crippen LogP) is 4.16. The maximum Gasteiger partial charge on any atom is 0.325 e. The van der Waals surface area contributed by atoms with E-state index in [2.05, 4.69) is 37.5 Å². The first-order chi connectivity index (χ1) is 16.6. The molecule has 0 fully saturated rings. The van der Waals surface area contributed by atoms with Gasteiger partial charge in [-0.05, 0) is 46.6 Å². The number of ether oxygens (including phenoxy) is 3. The molecule has 1 amide bonds. The molecule has 0 aliphatic carbocycles. The Labute approximate surface area is 210 Å². The van der Waals surface area contributed by atoms with E-state index in [-0.39, 0.29) is 36.1 Å². The molecule has 0 heterocycles. The van der Waals surface area contributed by atoms with Crippen molar-refractivity contribution in [2.75, 3.05) is 44.6 Å². The Balaban J connectivity index is 2.65. The van der Waals surface area contributed by atoms with Crippen molar-refractivity contribution in [1.82, 2.24) is 0 Å². The highest BCUT2D eigenvalue weighted by atomic mass is 79.9. The summed E-state index contributed by atoms with van der Waals surface area (Å²) in [7, 11) is 3.85. The van der Waals surface area contributed by atoms with Crippen LogP contribution in [0.3, 0.4) is 0 Å². The van der Waals surface area contributed by atoms with Gasteiger partial charge in [0.05, 0.1) is 38.3 Å². The number of azo groups is 1. The predicted molar refractivity (Wildman–Crippen MR) is 131 cm³/mol. The second kappa shape index (κ2) is 12.5. The summed E-state index contributed by atoms with van der Waals surface area (Å²) in [5.74, 6) is -1.35. The minimum atomic E-state index is -0.603. The minimum Gasteiger partial charge on any atom is -0.494 e. The molecular weight excluding hydrogens is 522 g/mol. The molecule has 11 nitrogen and oxygen atoms in total. The van der Waals surface area contributed by atoms with Gasteiger partial charge in [-0.3, -0.25) is 14.4 Å². The van der Waals surface area contributed by atoms with Crippen LogP contribution in [0.4, 0.5) is 22.7 Å². The van der Waals surface area contributed by atoms with Crippen molar-refractivity contribution < 1.29 is 28.6 Å². The monoisotopic (exact) mass is 545 g/mol. The zero-order valence-corrected chi connectivity index (χ0v) is 21.4. The topological polar surface area (TPSA) is 143 Å². The van der Waals surface area contributed by atoms with Gasteiger partial charge in [-0.1, -0.05) is 0 Å². The molecule has 0 atom stereocenters. The van der Waals surface area contributed by atoms with Crippen LogP contribution in [0.2, 0.25) is 0 Å². The Morgan fingerprint density at radius 1 is 1.06 bits per heavy atom. The third-order valence-corrected chi connectivity index (χ3v) is 5.23. The Kier molecular flexibility index (Phi) is 9.72. The first-order valence-corrected chi connectivity index (χ1v) is 10.9. The van der Waals surface area contributed by atoms with E-state index in [4.69, 9.17) is 14.2 Å². The largest absolute Gasteiger partial charge is 0.494 e. The minimum absolute atomic E-state index is 0.216. The molecule has 2 rings (SSSR count). The number of amides is 1. The Hall–Kier alpha value is -3.98. The summed E-state index contributed by atoms with van der Waals surface area (Å²) in [4.78, 5) is 37.2. The molecular formula is C23H24BrN5O6. The number of esters is 2. The highest BCUT2D eigenvalue weighted by molar-refractivity contribution is 9.10. The number of nitrogens with one attached hydrogen (secondary N) is 1. The molecule has 0 saturated carbocycles. The normalized spacial score (nSPS) is 10.4. The zero-order valence-electron chi connectivity index (χ0n) is 19.8. The molecule has 0 unspecified atom stereocenters. The Bertz CT molecular complexity index is 1190. The van der Waals surface area contributed by atoms with Gasteiger partial charge < -0.3 is 24.4 Å². The molecule has 2 aromatic carbocycles. The van der Waals surface area contributed by atoms with Crippen molar-refractivity contribution in [1.29, 1.82) is 5.26 Å². The van der Waals surface area contributed by atoms with Gasteiger partial charge in [0.25, 0.3) is 0 Å². The van der Waals surface area contributed by atoms with E-state index in [0.29, 0.717) is 21.4 Å². The molecule has 184 valence electrons. The Morgan fingerprint density at radius 2 is 1.69 bits per heavy atom. The molecule has 0 saturated heterocycles. The molecule has 0 bridgehead atoms. The number of aryl methyl sites for hydroxylation is 1. The van der Waals surface area contributed by atoms with Gasteiger partial charge in [0, 0.05) is 17.5 Å². The van der Waals surface area contributed by atoms with Crippen molar-refractivity contribution in [3.05, 3.63) is 39.9 Å². The summed E-state index contributed by atoms with van der Waals surface area (Å²) < 4.78 is 15.5. The lowest BCUT2D eigenvalue weighted by atomic mass is 10.1. The van der Waals surface area contributed by atoms with Gasteiger partial charge in [0.1, 0.15) is 36.3 Å². The van der Waals surface area contributed by atoms with E-state index in [1.807, 2.05) is 6.92 Å². The second-order valence-corrected chi connectivity index (χ2v) is 8.04. The number of halogens is 1. The Morgan fingerprint density at radius 3 is 2.20 bits per heavy atom. The standard InChI is InChI=1S/C23H24BrN5O6/c1-13-6-15(10-25)23(16(24)7-13)28-27-18-9-20(33-3)19(8-17(18)26-14(2)30)29(11-21(31)34-4)12-22(32)35-5/h6-9H,11-12H2,1-5H3,(H,26,30). The number of benzene rings is 2. The maximum absolute atomic E-state index is 12.0. The first kappa shape index (κ1) is 27.3. The number of rotatable bonds is 9. The molecule has 35 heavy (non-hydrogen) atoms. The van der Waals surface area contributed by atoms with Gasteiger partial charge in [0.2, 0.25) is 5.91 Å². The van der Waals surface area contributed by atoms with Gasteiger partial charge in [0.15, 0.2) is 0 Å². The van der Waals surface area contributed by atoms with Crippen LogP contribution in [0.15, 0.2) is 39.0 Å². The van der Waals surface area contributed by atoms with Gasteiger partial charge in [-0.25, -0.2) is 0 Å². The van der Waals surface area contributed by atoms with Crippen LogP contribution in [0, 0.1) is 18.3 Å². The molecule has 12 heteroatoms. The van der Waals surface area contributed by atoms with Crippen molar-refractivity contribution in [2.24, 2.45) is 10.2 Å². The summed E-state index contributed by atoms with van der Waals surface area (Å²) in [6, 6.07) is 8.54. The first-order valence-electron chi connectivity index (χ1n) is 10.1. The van der Waals surface area contributed by atoms with Gasteiger partial charge in [-0.2, -0.15) is 5.26 Å². The van der Waals surface area contributed by atoms with Crippen molar-refractivity contribution in [2.45, 2.75) is 13.8 Å². The summed E-state index contributed by atoms with van der Waals surface area (Å²) in [6.45, 7) is 2.59. The lowest BCUT2D eigenvalue weighted by molar-refractivity contribution is -0.140. The summed E-state index contributed by atoms with van der Waals surface area (Å²) in [6.07, 6.45) is 0. The number of anilines is 2. The smallest absolute Gasteiger partial charge is 0.325 e. The van der Waals surface area contributed by atoms with Gasteiger partial charge >= 0.3 is 11.9 Å². The van der Waals surface area contributed by atoms with Crippen molar-refractivity contribution in [3.8, 4) is 11.8 Å². The average molecular weight is 546 g/mol. The van der Waals surface area contributed by atoms with Crippen molar-refractivity contribution >= 4 is 56.5 Å². The fourth-order valence-electron chi connectivity index (χ4n) is 3.03. The van der Waals surface area contributed by atoms with E-state index < -0.39 is 11.9 Å². The van der Waals surface area contributed by atoms with Crippen LogP contribution in [0.1, 0.15) is 18.1 Å². The summed E-state index contributed by atoms with van der Waals surface area (Å²) in [5, 5.41) is 20.6. The van der Waals surface area contributed by atoms with Gasteiger partial charge in [-0.15, -0.1) is 10.2 Å². The zero-order chi connectivity index (χ0) is 26.1. The van der Waals surface area contributed by atoms with E-state index >= 15 is 0 Å². The van der Waals surface area contributed by atoms with Crippen LogP contribution < -0.4 is 15.0 Å². The summed E-state index contributed by atoms with van der Waals surface area (Å²) in [5.41, 5.74) is 2.25. The highest BCUT2D eigenvalue weighted by Gasteiger charge is 2.22. The molecule has 0 aliphatic heterocycles. The highest BCUT2D eigenvalue weighted by Crippen LogP contribution is 2.40. The second-order valence-electron chi connectivity index (χ2n) is 7.19. The van der Waals surface area contributed by atoms with Crippen LogP contribution in [-0.2, 0) is 23.9 Å². The molecule has 0 aromatic heterocycles. The number of hydrogen-bond acceptors (Lipinski definition) is 10. The number of nitriles is 1. The van der Waals surface area contributed by atoms with Crippen LogP contribution in [0.5, 0.6) is 5.75 Å². The number of methoxy groups -OCH3 is 3. The quantitative estimate of drug-likeness (QED) is 0.365. The molecule has 0 radical (unpaired) electrons. The van der Waals surface area contributed by atoms with E-state index in [1.165, 1.54) is 45.3 Å². The fourth-order valence-corrected chi connectivity index (χ4v) is 3.69. The van der Waals surface area contributed by atoms with Crippen molar-refractivity contribution in [3.63, 3.8) is 0 Å². The summed E-state index contributed by atoms with van der Waals surface area (Å²) >= 11 is 3.40. The number of hydrogen-bond donors (Lipinski definition) is 1. The van der Waals surface area contributed by atoms with E-state index in [0.717, 1.165) is 5.56 Å². The maximum atomic E-state index is 12.0. The third kappa shape index (κ3) is 7.25. The number of carbonyl (C=O) groups excluding carboxylic acids is 3. The number of nitrogens with zero attached hydrogens (tertiary/aromatic N) is 4. The van der Waals surface area contributed by atoms with Crippen LogP contribution >= 0.6 is 15.9 Å². The lowest BCUT2D eigenvalue weighted by Gasteiger charge is -2.25. The SMILES string of the molecule is COC(=O)CN(CC(=O)OC)c1cc(NC(C)=O)c(N=Nc2c(Br)cc(C)cc2C#N)cc1OC. The average Bonchev–Trinajstić information content (AvgIpc) is 2.82. The molecule has 0 aliphatic rings.